The Labute approximate surface area is 127 Å². The normalized spacial score (nSPS) is 25.7. The summed E-state index contributed by atoms with van der Waals surface area (Å²) in [5.74, 6) is 0.719. The second-order valence-corrected chi connectivity index (χ2v) is 5.82. The summed E-state index contributed by atoms with van der Waals surface area (Å²) in [4.78, 5) is 4.42. The van der Waals surface area contributed by atoms with Crippen LogP contribution in [-0.4, -0.2) is 31.1 Å². The molecule has 22 heavy (non-hydrogen) atoms. The number of aliphatic imine (C=N–C) groups is 1. The molecule has 0 aliphatic carbocycles. The average Bonchev–Trinajstić information content (AvgIpc) is 2.96. The lowest BCUT2D eigenvalue weighted by Crippen LogP contribution is -2.41. The highest BCUT2D eigenvalue weighted by Crippen LogP contribution is 2.30. The predicted molar refractivity (Wildman–Crippen MR) is 78.0 cm³/mol. The van der Waals surface area contributed by atoms with Gasteiger partial charge in [-0.05, 0) is 31.0 Å². The number of nitrogens with zero attached hydrogens (tertiary/aromatic N) is 1. The van der Waals surface area contributed by atoms with Crippen LogP contribution in [0.4, 0.5) is 13.2 Å². The number of benzene rings is 1. The monoisotopic (exact) mass is 312 g/mol. The third kappa shape index (κ3) is 3.61. The van der Waals surface area contributed by atoms with Crippen molar-refractivity contribution in [3.63, 3.8) is 0 Å². The van der Waals surface area contributed by atoms with Crippen LogP contribution in [0, 0.1) is 0 Å². The van der Waals surface area contributed by atoms with Crippen molar-refractivity contribution in [2.24, 2.45) is 4.99 Å². The SMILES string of the molecule is FC(F)(F)c1cccc(CC2CN=C(C3CCCCN3)O2)c1. The molecule has 1 aromatic carbocycles. The number of ether oxygens (including phenoxy) is 1. The van der Waals surface area contributed by atoms with Gasteiger partial charge in [-0.1, -0.05) is 24.6 Å². The highest BCUT2D eigenvalue weighted by atomic mass is 19.4. The summed E-state index contributed by atoms with van der Waals surface area (Å²) in [5, 5.41) is 3.37. The smallest absolute Gasteiger partial charge is 0.416 e. The van der Waals surface area contributed by atoms with Gasteiger partial charge in [0.05, 0.1) is 18.2 Å². The van der Waals surface area contributed by atoms with E-state index in [-0.39, 0.29) is 12.1 Å². The van der Waals surface area contributed by atoms with Gasteiger partial charge in [0, 0.05) is 6.42 Å². The molecule has 1 aromatic rings. The second-order valence-electron chi connectivity index (χ2n) is 5.82. The molecule has 0 aromatic heterocycles. The van der Waals surface area contributed by atoms with Crippen LogP contribution in [-0.2, 0) is 17.3 Å². The topological polar surface area (TPSA) is 33.6 Å². The molecule has 2 atom stereocenters. The molecule has 2 aliphatic rings. The van der Waals surface area contributed by atoms with E-state index < -0.39 is 11.7 Å². The van der Waals surface area contributed by atoms with Crippen molar-refractivity contribution in [3.8, 4) is 0 Å². The van der Waals surface area contributed by atoms with Gasteiger partial charge in [-0.3, -0.25) is 4.99 Å². The molecule has 6 heteroatoms. The summed E-state index contributed by atoms with van der Waals surface area (Å²) in [6.45, 7) is 1.48. The summed E-state index contributed by atoms with van der Waals surface area (Å²) in [5.41, 5.74) is 0.0194. The first-order valence-electron chi connectivity index (χ1n) is 7.63. The van der Waals surface area contributed by atoms with E-state index in [9.17, 15) is 13.2 Å². The van der Waals surface area contributed by atoms with Gasteiger partial charge in [-0.15, -0.1) is 0 Å². The molecule has 0 saturated carbocycles. The minimum absolute atomic E-state index is 0.165. The lowest BCUT2D eigenvalue weighted by Gasteiger charge is -2.23. The van der Waals surface area contributed by atoms with Gasteiger partial charge in [-0.25, -0.2) is 0 Å². The predicted octanol–water partition coefficient (Wildman–Crippen LogP) is 3.19. The van der Waals surface area contributed by atoms with Crippen molar-refractivity contribution in [2.75, 3.05) is 13.1 Å². The van der Waals surface area contributed by atoms with E-state index in [1.807, 2.05) is 0 Å². The Morgan fingerprint density at radius 3 is 2.86 bits per heavy atom. The van der Waals surface area contributed by atoms with Crippen LogP contribution < -0.4 is 5.32 Å². The van der Waals surface area contributed by atoms with E-state index in [1.54, 1.807) is 6.07 Å². The molecule has 1 fully saturated rings. The Balaban J connectivity index is 1.59. The lowest BCUT2D eigenvalue weighted by molar-refractivity contribution is -0.137. The van der Waals surface area contributed by atoms with Crippen molar-refractivity contribution in [3.05, 3.63) is 35.4 Å². The fourth-order valence-electron chi connectivity index (χ4n) is 2.94. The first kappa shape index (κ1) is 15.3. The summed E-state index contributed by atoms with van der Waals surface area (Å²) in [6.07, 6.45) is -0.698. The summed E-state index contributed by atoms with van der Waals surface area (Å²) in [7, 11) is 0. The van der Waals surface area contributed by atoms with Crippen LogP contribution >= 0.6 is 0 Å². The van der Waals surface area contributed by atoms with Crippen molar-refractivity contribution < 1.29 is 17.9 Å². The molecule has 0 bridgehead atoms. The minimum atomic E-state index is -4.31. The Hall–Kier alpha value is -1.56. The Morgan fingerprint density at radius 1 is 1.27 bits per heavy atom. The number of hydrogen-bond donors (Lipinski definition) is 1. The Kier molecular flexibility index (Phi) is 4.38. The number of hydrogen-bond acceptors (Lipinski definition) is 3. The number of rotatable bonds is 3. The van der Waals surface area contributed by atoms with Crippen molar-refractivity contribution >= 4 is 5.90 Å². The standard InChI is InChI=1S/C16H19F3N2O/c17-16(18,19)12-5-3-4-11(8-12)9-13-10-21-15(22-13)14-6-1-2-7-20-14/h3-5,8,13-14,20H,1-2,6-7,9-10H2. The molecule has 120 valence electrons. The molecule has 3 nitrogen and oxygen atoms in total. The van der Waals surface area contributed by atoms with Crippen LogP contribution in [0.1, 0.15) is 30.4 Å². The van der Waals surface area contributed by atoms with Gasteiger partial charge in [-0.2, -0.15) is 13.2 Å². The maximum atomic E-state index is 12.7. The van der Waals surface area contributed by atoms with Crippen LogP contribution in [0.25, 0.3) is 0 Å². The van der Waals surface area contributed by atoms with E-state index in [0.29, 0.717) is 18.5 Å². The largest absolute Gasteiger partial charge is 0.474 e. The minimum Gasteiger partial charge on any atom is -0.474 e. The second kappa shape index (κ2) is 6.28. The molecule has 0 amide bonds. The van der Waals surface area contributed by atoms with E-state index in [1.165, 1.54) is 12.1 Å². The third-order valence-electron chi connectivity index (χ3n) is 4.06. The zero-order valence-electron chi connectivity index (χ0n) is 12.2. The van der Waals surface area contributed by atoms with E-state index >= 15 is 0 Å². The molecule has 1 saturated heterocycles. The Morgan fingerprint density at radius 2 is 2.14 bits per heavy atom. The van der Waals surface area contributed by atoms with Crippen LogP contribution in [0.2, 0.25) is 0 Å². The van der Waals surface area contributed by atoms with Crippen LogP contribution in [0.15, 0.2) is 29.3 Å². The molecular weight excluding hydrogens is 293 g/mol. The molecule has 0 radical (unpaired) electrons. The zero-order valence-corrected chi connectivity index (χ0v) is 12.2. The van der Waals surface area contributed by atoms with E-state index in [0.717, 1.165) is 37.8 Å². The van der Waals surface area contributed by atoms with Crippen molar-refractivity contribution in [1.29, 1.82) is 0 Å². The summed E-state index contributed by atoms with van der Waals surface area (Å²) < 4.78 is 44.0. The molecule has 1 N–H and O–H groups in total. The van der Waals surface area contributed by atoms with Gasteiger partial charge < -0.3 is 10.1 Å². The van der Waals surface area contributed by atoms with Crippen molar-refractivity contribution in [2.45, 2.75) is 44.0 Å². The molecule has 2 heterocycles. The maximum absolute atomic E-state index is 12.7. The summed E-state index contributed by atoms with van der Waals surface area (Å²) >= 11 is 0. The number of piperidine rings is 1. The third-order valence-corrected chi connectivity index (χ3v) is 4.06. The molecule has 2 aliphatic heterocycles. The maximum Gasteiger partial charge on any atom is 0.416 e. The number of alkyl halides is 3. The molecule has 2 unspecified atom stereocenters. The number of halogens is 3. The lowest BCUT2D eigenvalue weighted by atomic mass is 10.0. The molecule has 3 rings (SSSR count). The number of nitrogens with one attached hydrogen (secondary N) is 1. The highest BCUT2D eigenvalue weighted by molar-refractivity contribution is 5.83. The van der Waals surface area contributed by atoms with Gasteiger partial charge in [0.15, 0.2) is 0 Å². The molecule has 0 spiro atoms. The quantitative estimate of drug-likeness (QED) is 0.930. The van der Waals surface area contributed by atoms with Crippen molar-refractivity contribution in [1.82, 2.24) is 5.32 Å². The zero-order chi connectivity index (χ0) is 15.6. The van der Waals surface area contributed by atoms with E-state index in [2.05, 4.69) is 10.3 Å². The van der Waals surface area contributed by atoms with E-state index in [4.69, 9.17) is 4.74 Å². The van der Waals surface area contributed by atoms with Gasteiger partial charge in [0.2, 0.25) is 5.90 Å². The highest BCUT2D eigenvalue weighted by Gasteiger charge is 2.31. The average molecular weight is 312 g/mol. The first-order valence-corrected chi connectivity index (χ1v) is 7.63. The molecular formula is C16H19F3N2O. The van der Waals surface area contributed by atoms with Gasteiger partial charge in [0.1, 0.15) is 6.10 Å². The van der Waals surface area contributed by atoms with Gasteiger partial charge in [0.25, 0.3) is 0 Å². The van der Waals surface area contributed by atoms with Crippen LogP contribution in [0.3, 0.4) is 0 Å². The Bertz CT molecular complexity index is 551. The fourth-order valence-corrected chi connectivity index (χ4v) is 2.94. The summed E-state index contributed by atoms with van der Waals surface area (Å²) in [6, 6.07) is 5.60. The van der Waals surface area contributed by atoms with Gasteiger partial charge >= 0.3 is 6.18 Å². The first-order chi connectivity index (χ1) is 10.5. The fraction of sp³-hybridized carbons (Fsp3) is 0.562. The van der Waals surface area contributed by atoms with Crippen LogP contribution in [0.5, 0.6) is 0 Å².